The molecule has 0 N–H and O–H groups in total. The van der Waals surface area contributed by atoms with Crippen molar-refractivity contribution in [2.75, 3.05) is 26.4 Å². The summed E-state index contributed by atoms with van der Waals surface area (Å²) >= 11 is 0. The van der Waals surface area contributed by atoms with E-state index >= 15 is 0 Å². The Labute approximate surface area is 138 Å². The molecular weight excluding hydrogens is 276 g/mol. The molecule has 1 aliphatic carbocycles. The van der Waals surface area contributed by atoms with E-state index in [-0.39, 0.29) is 5.92 Å². The van der Waals surface area contributed by atoms with E-state index in [1.165, 1.54) is 25.7 Å². The first kappa shape index (κ1) is 21.6. The number of ketones is 1. The monoisotopic (exact) mass is 314 g/mol. The van der Waals surface area contributed by atoms with Crippen molar-refractivity contribution in [1.29, 1.82) is 0 Å². The summed E-state index contributed by atoms with van der Waals surface area (Å²) in [5, 5.41) is 0. The summed E-state index contributed by atoms with van der Waals surface area (Å²) in [4.78, 5) is 11.5. The van der Waals surface area contributed by atoms with Gasteiger partial charge in [-0.05, 0) is 50.9 Å². The van der Waals surface area contributed by atoms with E-state index in [0.29, 0.717) is 18.1 Å². The molecular formula is C19H38O3. The lowest BCUT2D eigenvalue weighted by molar-refractivity contribution is -0.122. The lowest BCUT2D eigenvalue weighted by Crippen LogP contribution is -2.22. The maximum absolute atomic E-state index is 11.5. The highest BCUT2D eigenvalue weighted by molar-refractivity contribution is 5.80. The van der Waals surface area contributed by atoms with E-state index in [1.807, 2.05) is 27.7 Å². The van der Waals surface area contributed by atoms with Crippen LogP contribution in [0.1, 0.15) is 73.1 Å². The second-order valence-electron chi connectivity index (χ2n) is 6.35. The van der Waals surface area contributed by atoms with E-state index in [9.17, 15) is 4.79 Å². The molecule has 0 spiro atoms. The minimum Gasteiger partial charge on any atom is -0.381 e. The van der Waals surface area contributed by atoms with Crippen molar-refractivity contribution in [1.82, 2.24) is 0 Å². The molecule has 1 rings (SSSR count). The third-order valence-electron chi connectivity index (χ3n) is 4.23. The Morgan fingerprint density at radius 3 is 1.95 bits per heavy atom. The van der Waals surface area contributed by atoms with Crippen molar-refractivity contribution in [2.45, 2.75) is 73.1 Å². The number of carbonyl (C=O) groups excluding carboxylic acids is 1. The third-order valence-corrected chi connectivity index (χ3v) is 4.23. The normalized spacial score (nSPS) is 21.4. The molecule has 0 atom stereocenters. The Balaban J connectivity index is 0.00000211. The lowest BCUT2D eigenvalue weighted by atomic mass is 9.83. The number of rotatable bonds is 10. The van der Waals surface area contributed by atoms with Crippen molar-refractivity contribution in [3.8, 4) is 0 Å². The fourth-order valence-electron chi connectivity index (χ4n) is 2.74. The van der Waals surface area contributed by atoms with Gasteiger partial charge in [-0.1, -0.05) is 27.7 Å². The molecule has 22 heavy (non-hydrogen) atoms. The van der Waals surface area contributed by atoms with Crippen LogP contribution in [0.15, 0.2) is 0 Å². The third kappa shape index (κ3) is 10.3. The van der Waals surface area contributed by atoms with Gasteiger partial charge in [-0.2, -0.15) is 0 Å². The fourth-order valence-corrected chi connectivity index (χ4v) is 2.74. The Bertz CT molecular complexity index is 255. The number of hydrogen-bond donors (Lipinski definition) is 0. The molecule has 0 amide bonds. The summed E-state index contributed by atoms with van der Waals surface area (Å²) in [6.07, 6.45) is 6.63. The highest BCUT2D eigenvalue weighted by atomic mass is 16.5. The summed E-state index contributed by atoms with van der Waals surface area (Å²) < 4.78 is 11.2. The molecule has 3 nitrogen and oxygen atoms in total. The molecule has 0 aromatic heterocycles. The van der Waals surface area contributed by atoms with Gasteiger partial charge in [0.05, 0.1) is 0 Å². The summed E-state index contributed by atoms with van der Waals surface area (Å²) in [5.41, 5.74) is 0. The smallest absolute Gasteiger partial charge is 0.135 e. The van der Waals surface area contributed by atoms with E-state index in [0.717, 1.165) is 38.8 Å². The first-order valence-electron chi connectivity index (χ1n) is 9.31. The molecule has 1 saturated carbocycles. The number of Topliss-reactive ketones (excluding diaryl/α,β-unsaturated/α-hetero) is 1. The first-order valence-corrected chi connectivity index (χ1v) is 9.31. The molecule has 0 aromatic rings. The van der Waals surface area contributed by atoms with Gasteiger partial charge in [0.15, 0.2) is 0 Å². The van der Waals surface area contributed by atoms with Crippen LogP contribution < -0.4 is 0 Å². The van der Waals surface area contributed by atoms with Gasteiger partial charge in [-0.25, -0.2) is 0 Å². The van der Waals surface area contributed by atoms with Crippen molar-refractivity contribution >= 4 is 5.78 Å². The molecule has 1 aliphatic rings. The van der Waals surface area contributed by atoms with Crippen LogP contribution >= 0.6 is 0 Å². The molecule has 0 radical (unpaired) electrons. The molecule has 0 unspecified atom stereocenters. The molecule has 0 saturated heterocycles. The average molecular weight is 315 g/mol. The van der Waals surface area contributed by atoms with Crippen LogP contribution in [0.4, 0.5) is 0 Å². The average Bonchev–Trinajstić information content (AvgIpc) is 2.55. The number of hydrogen-bond acceptors (Lipinski definition) is 3. The van der Waals surface area contributed by atoms with Crippen LogP contribution in [0.2, 0.25) is 0 Å². The quantitative estimate of drug-likeness (QED) is 0.539. The van der Waals surface area contributed by atoms with Crippen LogP contribution in [-0.2, 0) is 14.3 Å². The zero-order valence-corrected chi connectivity index (χ0v) is 15.5. The Morgan fingerprint density at radius 1 is 1.00 bits per heavy atom. The molecule has 132 valence electrons. The molecule has 0 heterocycles. The van der Waals surface area contributed by atoms with Crippen molar-refractivity contribution in [2.24, 2.45) is 17.8 Å². The fraction of sp³-hybridized carbons (Fsp3) is 0.947. The van der Waals surface area contributed by atoms with Gasteiger partial charge in [0, 0.05) is 38.8 Å². The van der Waals surface area contributed by atoms with Crippen LogP contribution in [-0.4, -0.2) is 32.2 Å². The van der Waals surface area contributed by atoms with Gasteiger partial charge in [-0.3, -0.25) is 4.79 Å². The van der Waals surface area contributed by atoms with Gasteiger partial charge in [-0.15, -0.1) is 0 Å². The zero-order valence-electron chi connectivity index (χ0n) is 15.5. The SMILES string of the molecule is CC.CCOCC1CCC(COCCCC(=O)C(C)C)CC1. The van der Waals surface area contributed by atoms with Gasteiger partial charge in [0.1, 0.15) is 5.78 Å². The summed E-state index contributed by atoms with van der Waals surface area (Å²) in [6.45, 7) is 13.4. The van der Waals surface area contributed by atoms with E-state index in [1.54, 1.807) is 0 Å². The first-order chi connectivity index (χ1) is 10.6. The lowest BCUT2D eigenvalue weighted by Gasteiger charge is -2.28. The minimum absolute atomic E-state index is 0.163. The highest BCUT2D eigenvalue weighted by Crippen LogP contribution is 2.29. The maximum Gasteiger partial charge on any atom is 0.135 e. The predicted molar refractivity (Wildman–Crippen MR) is 93.2 cm³/mol. The summed E-state index contributed by atoms with van der Waals surface area (Å²) in [6, 6.07) is 0. The Morgan fingerprint density at radius 2 is 1.50 bits per heavy atom. The van der Waals surface area contributed by atoms with Crippen LogP contribution in [0.3, 0.4) is 0 Å². The largest absolute Gasteiger partial charge is 0.381 e. The van der Waals surface area contributed by atoms with Gasteiger partial charge in [0.2, 0.25) is 0 Å². The van der Waals surface area contributed by atoms with Crippen LogP contribution in [0.5, 0.6) is 0 Å². The second kappa shape index (κ2) is 14.2. The molecule has 0 aliphatic heterocycles. The van der Waals surface area contributed by atoms with Crippen molar-refractivity contribution < 1.29 is 14.3 Å². The van der Waals surface area contributed by atoms with Crippen molar-refractivity contribution in [3.05, 3.63) is 0 Å². The van der Waals surface area contributed by atoms with E-state index in [4.69, 9.17) is 9.47 Å². The minimum atomic E-state index is 0.163. The van der Waals surface area contributed by atoms with Crippen LogP contribution in [0, 0.1) is 17.8 Å². The van der Waals surface area contributed by atoms with Gasteiger partial charge in [0.25, 0.3) is 0 Å². The Kier molecular flexibility index (Phi) is 13.9. The second-order valence-corrected chi connectivity index (χ2v) is 6.35. The maximum atomic E-state index is 11.5. The van der Waals surface area contributed by atoms with Gasteiger partial charge < -0.3 is 9.47 Å². The molecule has 0 bridgehead atoms. The van der Waals surface area contributed by atoms with Crippen LogP contribution in [0.25, 0.3) is 0 Å². The molecule has 0 aromatic carbocycles. The van der Waals surface area contributed by atoms with E-state index in [2.05, 4.69) is 6.92 Å². The van der Waals surface area contributed by atoms with Crippen molar-refractivity contribution in [3.63, 3.8) is 0 Å². The molecule has 3 heteroatoms. The topological polar surface area (TPSA) is 35.5 Å². The standard InChI is InChI=1S/C17H32O3.C2H6/c1-4-19-12-15-7-9-16(10-8-15)13-20-11-5-6-17(18)14(2)3;1-2/h14-16H,4-13H2,1-3H3;1-2H3. The summed E-state index contributed by atoms with van der Waals surface area (Å²) in [5.74, 6) is 1.99. The number of carbonyl (C=O) groups is 1. The summed E-state index contributed by atoms with van der Waals surface area (Å²) in [7, 11) is 0. The van der Waals surface area contributed by atoms with E-state index < -0.39 is 0 Å². The molecule has 1 fully saturated rings. The zero-order chi connectivity index (χ0) is 16.8. The highest BCUT2D eigenvalue weighted by Gasteiger charge is 2.21. The Hall–Kier alpha value is -0.410. The van der Waals surface area contributed by atoms with Gasteiger partial charge >= 0.3 is 0 Å². The number of ether oxygens (including phenoxy) is 2. The predicted octanol–water partition coefficient (Wildman–Crippen LogP) is 4.88.